The van der Waals surface area contributed by atoms with Crippen LogP contribution in [0.3, 0.4) is 0 Å². The number of halogens is 3. The van der Waals surface area contributed by atoms with Crippen LogP contribution >= 0.6 is 11.3 Å². The number of aromatic nitrogens is 1. The van der Waals surface area contributed by atoms with Crippen LogP contribution in [0.4, 0.5) is 13.2 Å². The van der Waals surface area contributed by atoms with Crippen LogP contribution in [0.5, 0.6) is 10.9 Å². The first-order valence-electron chi connectivity index (χ1n) is 8.93. The van der Waals surface area contributed by atoms with Gasteiger partial charge in [-0.2, -0.15) is 13.2 Å². The SMILES string of the molecule is CCOCc1sc(Oc2ccc(C(F)(F)F)cc2)nc1-c1ccc(C(=O)OC)cc1. The first-order chi connectivity index (χ1) is 14.3. The number of rotatable bonds is 7. The van der Waals surface area contributed by atoms with Crippen molar-refractivity contribution in [3.05, 3.63) is 64.5 Å². The third-order valence-electron chi connectivity index (χ3n) is 4.08. The number of methoxy groups -OCH3 is 1. The zero-order valence-corrected chi connectivity index (χ0v) is 17.0. The second-order valence-electron chi connectivity index (χ2n) is 6.08. The number of esters is 1. The van der Waals surface area contributed by atoms with Crippen LogP contribution in [-0.2, 0) is 22.3 Å². The first kappa shape index (κ1) is 21.8. The average molecular weight is 437 g/mol. The summed E-state index contributed by atoms with van der Waals surface area (Å²) in [6.07, 6.45) is -4.41. The van der Waals surface area contributed by atoms with E-state index in [4.69, 9.17) is 14.2 Å². The van der Waals surface area contributed by atoms with Gasteiger partial charge in [0.25, 0.3) is 5.19 Å². The zero-order chi connectivity index (χ0) is 21.7. The molecule has 0 atom stereocenters. The van der Waals surface area contributed by atoms with Gasteiger partial charge in [-0.3, -0.25) is 0 Å². The molecule has 0 fully saturated rings. The molecule has 2 aromatic carbocycles. The molecule has 0 unspecified atom stereocenters. The van der Waals surface area contributed by atoms with E-state index in [0.29, 0.717) is 24.5 Å². The highest BCUT2D eigenvalue weighted by Crippen LogP contribution is 2.36. The Morgan fingerprint density at radius 2 is 1.73 bits per heavy atom. The number of ether oxygens (including phenoxy) is 3. The van der Waals surface area contributed by atoms with Crippen LogP contribution in [-0.4, -0.2) is 24.7 Å². The molecule has 0 saturated heterocycles. The highest BCUT2D eigenvalue weighted by atomic mass is 32.1. The molecule has 3 rings (SSSR count). The summed E-state index contributed by atoms with van der Waals surface area (Å²) in [4.78, 5) is 16.9. The van der Waals surface area contributed by atoms with Crippen molar-refractivity contribution in [2.24, 2.45) is 0 Å². The maximum absolute atomic E-state index is 12.7. The minimum Gasteiger partial charge on any atom is -0.465 e. The van der Waals surface area contributed by atoms with E-state index in [9.17, 15) is 18.0 Å². The lowest BCUT2D eigenvalue weighted by molar-refractivity contribution is -0.137. The van der Waals surface area contributed by atoms with E-state index in [1.165, 1.54) is 30.6 Å². The fourth-order valence-corrected chi connectivity index (χ4v) is 3.47. The van der Waals surface area contributed by atoms with Crippen LogP contribution in [0.2, 0.25) is 0 Å². The minimum absolute atomic E-state index is 0.243. The van der Waals surface area contributed by atoms with Gasteiger partial charge in [0, 0.05) is 12.2 Å². The Morgan fingerprint density at radius 3 is 2.30 bits per heavy atom. The minimum atomic E-state index is -4.41. The lowest BCUT2D eigenvalue weighted by atomic mass is 10.1. The number of benzene rings is 2. The van der Waals surface area contributed by atoms with Gasteiger partial charge in [-0.1, -0.05) is 23.5 Å². The molecule has 158 valence electrons. The summed E-state index contributed by atoms with van der Waals surface area (Å²) in [5.41, 5.74) is 1.02. The summed E-state index contributed by atoms with van der Waals surface area (Å²) in [5.74, 6) is -0.201. The summed E-state index contributed by atoms with van der Waals surface area (Å²) in [6.45, 7) is 2.68. The topological polar surface area (TPSA) is 57.7 Å². The fourth-order valence-electron chi connectivity index (χ4n) is 2.59. The summed E-state index contributed by atoms with van der Waals surface area (Å²) >= 11 is 1.24. The lowest BCUT2D eigenvalue weighted by Crippen LogP contribution is -2.03. The Bertz CT molecular complexity index is 999. The zero-order valence-electron chi connectivity index (χ0n) is 16.2. The second-order valence-corrected chi connectivity index (χ2v) is 7.13. The van der Waals surface area contributed by atoms with E-state index < -0.39 is 17.7 Å². The van der Waals surface area contributed by atoms with E-state index in [0.717, 1.165) is 22.6 Å². The summed E-state index contributed by atoms with van der Waals surface area (Å²) in [7, 11) is 1.31. The van der Waals surface area contributed by atoms with E-state index in [2.05, 4.69) is 4.98 Å². The van der Waals surface area contributed by atoms with Gasteiger partial charge in [-0.05, 0) is 43.3 Å². The molecule has 0 amide bonds. The number of carbonyl (C=O) groups is 1. The van der Waals surface area contributed by atoms with Crippen molar-refractivity contribution in [2.75, 3.05) is 13.7 Å². The number of nitrogens with zero attached hydrogens (tertiary/aromatic N) is 1. The predicted molar refractivity (Wildman–Crippen MR) is 106 cm³/mol. The van der Waals surface area contributed by atoms with E-state index in [1.54, 1.807) is 24.3 Å². The molecule has 1 aromatic heterocycles. The molecule has 0 aliphatic carbocycles. The van der Waals surface area contributed by atoms with Gasteiger partial charge >= 0.3 is 12.1 Å². The Kier molecular flexibility index (Phi) is 6.73. The van der Waals surface area contributed by atoms with E-state index in [1.807, 2.05) is 6.92 Å². The van der Waals surface area contributed by atoms with Crippen molar-refractivity contribution in [3.8, 4) is 22.2 Å². The molecule has 0 spiro atoms. The van der Waals surface area contributed by atoms with Gasteiger partial charge in [-0.25, -0.2) is 9.78 Å². The van der Waals surface area contributed by atoms with Crippen molar-refractivity contribution in [1.82, 2.24) is 4.98 Å². The van der Waals surface area contributed by atoms with Gasteiger partial charge in [0.05, 0.1) is 35.4 Å². The van der Waals surface area contributed by atoms with Crippen molar-refractivity contribution in [2.45, 2.75) is 19.7 Å². The second kappa shape index (κ2) is 9.27. The third kappa shape index (κ3) is 5.17. The number of hydrogen-bond acceptors (Lipinski definition) is 6. The Balaban J connectivity index is 1.86. The van der Waals surface area contributed by atoms with Crippen LogP contribution in [0.25, 0.3) is 11.3 Å². The Morgan fingerprint density at radius 1 is 1.07 bits per heavy atom. The molecule has 3 aromatic rings. The number of hydrogen-bond donors (Lipinski definition) is 0. The van der Waals surface area contributed by atoms with E-state index in [-0.39, 0.29) is 10.9 Å². The maximum atomic E-state index is 12.7. The highest BCUT2D eigenvalue weighted by molar-refractivity contribution is 7.13. The van der Waals surface area contributed by atoms with Crippen LogP contribution in [0.1, 0.15) is 27.7 Å². The molecule has 0 aliphatic rings. The third-order valence-corrected chi connectivity index (χ3v) is 4.99. The number of alkyl halides is 3. The van der Waals surface area contributed by atoms with Crippen molar-refractivity contribution in [3.63, 3.8) is 0 Å². The Hall–Kier alpha value is -2.91. The molecule has 9 heteroatoms. The molecule has 0 aliphatic heterocycles. The van der Waals surface area contributed by atoms with Crippen LogP contribution < -0.4 is 4.74 Å². The van der Waals surface area contributed by atoms with Gasteiger partial charge in [0.15, 0.2) is 0 Å². The average Bonchev–Trinajstić information content (AvgIpc) is 3.14. The fraction of sp³-hybridized carbons (Fsp3) is 0.238. The van der Waals surface area contributed by atoms with Gasteiger partial charge in [0.2, 0.25) is 0 Å². The van der Waals surface area contributed by atoms with Gasteiger partial charge in [-0.15, -0.1) is 0 Å². The van der Waals surface area contributed by atoms with Crippen LogP contribution in [0, 0.1) is 0 Å². The lowest BCUT2D eigenvalue weighted by Gasteiger charge is -2.07. The van der Waals surface area contributed by atoms with Crippen LogP contribution in [0.15, 0.2) is 48.5 Å². The molecule has 0 N–H and O–H groups in total. The molecular weight excluding hydrogens is 419 g/mol. The monoisotopic (exact) mass is 437 g/mol. The predicted octanol–water partition coefficient (Wildman–Crippen LogP) is 5.94. The molecule has 30 heavy (non-hydrogen) atoms. The van der Waals surface area contributed by atoms with Crippen molar-refractivity contribution in [1.29, 1.82) is 0 Å². The normalized spacial score (nSPS) is 11.4. The number of thiazole rings is 1. The molecule has 5 nitrogen and oxygen atoms in total. The molecule has 0 saturated carbocycles. The first-order valence-corrected chi connectivity index (χ1v) is 9.74. The smallest absolute Gasteiger partial charge is 0.416 e. The van der Waals surface area contributed by atoms with Gasteiger partial charge < -0.3 is 14.2 Å². The van der Waals surface area contributed by atoms with Crippen molar-refractivity contribution >= 4 is 17.3 Å². The summed E-state index contributed by atoms with van der Waals surface area (Å²) in [6, 6.07) is 11.1. The van der Waals surface area contributed by atoms with E-state index >= 15 is 0 Å². The molecule has 0 bridgehead atoms. The molecular formula is C21H18F3NO4S. The standard InChI is InChI=1S/C21H18F3NO4S/c1-3-28-12-17-18(13-4-6-14(7-5-13)19(26)27-2)25-20(30-17)29-16-10-8-15(9-11-16)21(22,23)24/h4-11H,3,12H2,1-2H3. The quantitative estimate of drug-likeness (QED) is 0.428. The Labute approximate surface area is 175 Å². The van der Waals surface area contributed by atoms with Gasteiger partial charge in [0.1, 0.15) is 5.75 Å². The highest BCUT2D eigenvalue weighted by Gasteiger charge is 2.30. The summed E-state index contributed by atoms with van der Waals surface area (Å²) in [5, 5.41) is 0.275. The molecule has 0 radical (unpaired) electrons. The number of carbonyl (C=O) groups excluding carboxylic acids is 1. The summed E-state index contributed by atoms with van der Waals surface area (Å²) < 4.78 is 54.0. The molecule has 1 heterocycles. The van der Waals surface area contributed by atoms with Crippen molar-refractivity contribution < 1.29 is 32.2 Å². The maximum Gasteiger partial charge on any atom is 0.416 e. The largest absolute Gasteiger partial charge is 0.465 e.